The van der Waals surface area contributed by atoms with E-state index in [1.807, 2.05) is 43.3 Å². The molecule has 0 bridgehead atoms. The second-order valence-corrected chi connectivity index (χ2v) is 5.51. The van der Waals surface area contributed by atoms with Gasteiger partial charge in [0.05, 0.1) is 5.56 Å². The summed E-state index contributed by atoms with van der Waals surface area (Å²) >= 11 is 1.43. The van der Waals surface area contributed by atoms with Gasteiger partial charge in [-0.1, -0.05) is 18.2 Å². The molecule has 1 N–H and O–H groups in total. The molecule has 1 heterocycles. The Bertz CT molecular complexity index is 665. The lowest BCUT2D eigenvalue weighted by atomic mass is 10.3. The lowest BCUT2D eigenvalue weighted by molar-refractivity contribution is -0.115. The van der Waals surface area contributed by atoms with E-state index in [-0.39, 0.29) is 5.91 Å². The minimum absolute atomic E-state index is 0.0418. The summed E-state index contributed by atoms with van der Waals surface area (Å²) in [6, 6.07) is 15.0. The summed E-state index contributed by atoms with van der Waals surface area (Å²) in [5.74, 6) is 0.545. The highest BCUT2D eigenvalue weighted by Crippen LogP contribution is 2.21. The van der Waals surface area contributed by atoms with E-state index >= 15 is 0 Å². The predicted octanol–water partition coefficient (Wildman–Crippen LogP) is 3.38. The van der Waals surface area contributed by atoms with Gasteiger partial charge in [-0.2, -0.15) is 5.26 Å². The molecule has 0 fully saturated rings. The summed E-state index contributed by atoms with van der Waals surface area (Å²) < 4.78 is 0. The van der Waals surface area contributed by atoms with Crippen molar-refractivity contribution in [2.45, 2.75) is 18.4 Å². The van der Waals surface area contributed by atoms with Gasteiger partial charge in [-0.05, 0) is 31.2 Å². The van der Waals surface area contributed by atoms with Crippen molar-refractivity contribution in [1.29, 1.82) is 5.26 Å². The standard InChI is InChI=1S/C16H15N3OS/c1-12-7-8-13(11-17)16(18-12)21-10-9-15(20)19-14-5-3-2-4-6-14/h2-8H,9-10H2,1H3,(H,19,20). The lowest BCUT2D eigenvalue weighted by Crippen LogP contribution is -2.12. The van der Waals surface area contributed by atoms with Crippen molar-refractivity contribution in [2.24, 2.45) is 0 Å². The van der Waals surface area contributed by atoms with E-state index in [1.54, 1.807) is 6.07 Å². The molecule has 0 aliphatic heterocycles. The van der Waals surface area contributed by atoms with Crippen LogP contribution in [-0.4, -0.2) is 16.6 Å². The number of hydrogen-bond donors (Lipinski definition) is 1. The number of aryl methyl sites for hydroxylation is 1. The SMILES string of the molecule is Cc1ccc(C#N)c(SCCC(=O)Nc2ccccc2)n1. The summed E-state index contributed by atoms with van der Waals surface area (Å²) in [6.45, 7) is 1.88. The third-order valence-electron chi connectivity index (χ3n) is 2.75. The Morgan fingerprint density at radius 1 is 1.29 bits per heavy atom. The maximum Gasteiger partial charge on any atom is 0.225 e. The number of benzene rings is 1. The number of pyridine rings is 1. The second kappa shape index (κ2) is 7.46. The minimum Gasteiger partial charge on any atom is -0.326 e. The van der Waals surface area contributed by atoms with Crippen molar-refractivity contribution in [1.82, 2.24) is 4.98 Å². The molecule has 5 heteroatoms. The van der Waals surface area contributed by atoms with E-state index in [2.05, 4.69) is 16.4 Å². The molecule has 0 atom stereocenters. The van der Waals surface area contributed by atoms with Crippen LogP contribution in [0.2, 0.25) is 0 Å². The summed E-state index contributed by atoms with van der Waals surface area (Å²) in [5.41, 5.74) is 2.21. The maximum atomic E-state index is 11.8. The number of anilines is 1. The smallest absolute Gasteiger partial charge is 0.225 e. The average molecular weight is 297 g/mol. The lowest BCUT2D eigenvalue weighted by Gasteiger charge is -2.06. The number of carbonyl (C=O) groups excluding carboxylic acids is 1. The van der Waals surface area contributed by atoms with Crippen molar-refractivity contribution < 1.29 is 4.79 Å². The number of nitrogens with one attached hydrogen (secondary N) is 1. The van der Waals surface area contributed by atoms with Gasteiger partial charge in [0.1, 0.15) is 11.1 Å². The van der Waals surface area contributed by atoms with Crippen molar-refractivity contribution in [3.8, 4) is 6.07 Å². The van der Waals surface area contributed by atoms with Gasteiger partial charge in [0, 0.05) is 23.6 Å². The molecular formula is C16H15N3OS. The summed E-state index contributed by atoms with van der Waals surface area (Å²) in [5, 5.41) is 12.5. The van der Waals surface area contributed by atoms with Crippen LogP contribution in [0.3, 0.4) is 0 Å². The predicted molar refractivity (Wildman–Crippen MR) is 84.1 cm³/mol. The molecule has 0 aliphatic rings. The number of thioether (sulfide) groups is 1. The Balaban J connectivity index is 1.86. The molecule has 2 rings (SSSR count). The Labute approximate surface area is 128 Å². The van der Waals surface area contributed by atoms with Gasteiger partial charge in [0.15, 0.2) is 0 Å². The number of para-hydroxylation sites is 1. The van der Waals surface area contributed by atoms with E-state index in [0.29, 0.717) is 22.8 Å². The molecule has 0 radical (unpaired) electrons. The first-order valence-corrected chi connectivity index (χ1v) is 7.53. The van der Waals surface area contributed by atoms with Crippen LogP contribution in [0.4, 0.5) is 5.69 Å². The number of amides is 1. The van der Waals surface area contributed by atoms with Crippen molar-refractivity contribution in [3.05, 3.63) is 53.7 Å². The first-order valence-electron chi connectivity index (χ1n) is 6.54. The number of nitriles is 1. The highest BCUT2D eigenvalue weighted by molar-refractivity contribution is 7.99. The molecule has 0 unspecified atom stereocenters. The largest absolute Gasteiger partial charge is 0.326 e. The third kappa shape index (κ3) is 4.62. The quantitative estimate of drug-likeness (QED) is 0.859. The molecule has 0 saturated carbocycles. The van der Waals surface area contributed by atoms with Crippen LogP contribution in [0.25, 0.3) is 0 Å². The minimum atomic E-state index is -0.0418. The average Bonchev–Trinajstić information content (AvgIpc) is 2.48. The van der Waals surface area contributed by atoms with Crippen LogP contribution >= 0.6 is 11.8 Å². The van der Waals surface area contributed by atoms with Gasteiger partial charge in [-0.25, -0.2) is 4.98 Å². The van der Waals surface area contributed by atoms with Gasteiger partial charge in [0.25, 0.3) is 0 Å². The van der Waals surface area contributed by atoms with E-state index in [4.69, 9.17) is 5.26 Å². The third-order valence-corrected chi connectivity index (χ3v) is 3.74. The van der Waals surface area contributed by atoms with Crippen LogP contribution in [0.5, 0.6) is 0 Å². The number of nitrogens with zero attached hydrogens (tertiary/aromatic N) is 2. The van der Waals surface area contributed by atoms with Crippen LogP contribution in [0.15, 0.2) is 47.5 Å². The van der Waals surface area contributed by atoms with Crippen LogP contribution in [0.1, 0.15) is 17.7 Å². The zero-order valence-electron chi connectivity index (χ0n) is 11.7. The highest BCUT2D eigenvalue weighted by Gasteiger charge is 2.07. The fraction of sp³-hybridized carbons (Fsp3) is 0.188. The molecule has 2 aromatic rings. The Hall–Kier alpha value is -2.32. The topological polar surface area (TPSA) is 65.8 Å². The van der Waals surface area contributed by atoms with Crippen molar-refractivity contribution in [2.75, 3.05) is 11.1 Å². The fourth-order valence-corrected chi connectivity index (χ4v) is 2.67. The highest BCUT2D eigenvalue weighted by atomic mass is 32.2. The van der Waals surface area contributed by atoms with Crippen molar-refractivity contribution in [3.63, 3.8) is 0 Å². The molecule has 0 spiro atoms. The van der Waals surface area contributed by atoms with Gasteiger partial charge in [-0.15, -0.1) is 11.8 Å². The zero-order valence-corrected chi connectivity index (χ0v) is 12.5. The second-order valence-electron chi connectivity index (χ2n) is 4.43. The number of aromatic nitrogens is 1. The molecule has 0 saturated heterocycles. The summed E-state index contributed by atoms with van der Waals surface area (Å²) in [7, 11) is 0. The van der Waals surface area contributed by atoms with E-state index in [9.17, 15) is 4.79 Å². The molecule has 106 valence electrons. The van der Waals surface area contributed by atoms with Gasteiger partial charge < -0.3 is 5.32 Å². The molecule has 1 aromatic carbocycles. The van der Waals surface area contributed by atoms with Gasteiger partial charge in [-0.3, -0.25) is 4.79 Å². The number of carbonyl (C=O) groups is 1. The molecular weight excluding hydrogens is 282 g/mol. The molecule has 0 aliphatic carbocycles. The number of rotatable bonds is 5. The Morgan fingerprint density at radius 2 is 2.05 bits per heavy atom. The summed E-state index contributed by atoms with van der Waals surface area (Å²) in [4.78, 5) is 16.1. The van der Waals surface area contributed by atoms with Gasteiger partial charge >= 0.3 is 0 Å². The zero-order chi connectivity index (χ0) is 15.1. The Kier molecular flexibility index (Phi) is 5.35. The summed E-state index contributed by atoms with van der Waals surface area (Å²) in [6.07, 6.45) is 0.375. The fourth-order valence-electron chi connectivity index (χ4n) is 1.71. The molecule has 21 heavy (non-hydrogen) atoms. The van der Waals surface area contributed by atoms with Crippen molar-refractivity contribution >= 4 is 23.4 Å². The van der Waals surface area contributed by atoms with E-state index in [1.165, 1.54) is 11.8 Å². The van der Waals surface area contributed by atoms with Crippen LogP contribution in [0, 0.1) is 18.3 Å². The molecule has 4 nitrogen and oxygen atoms in total. The molecule has 1 amide bonds. The first kappa shape index (κ1) is 15.1. The van der Waals surface area contributed by atoms with Crippen LogP contribution < -0.4 is 5.32 Å². The maximum absolute atomic E-state index is 11.8. The normalized spacial score (nSPS) is 9.90. The van der Waals surface area contributed by atoms with Crippen LogP contribution in [-0.2, 0) is 4.79 Å². The van der Waals surface area contributed by atoms with E-state index in [0.717, 1.165) is 11.4 Å². The number of hydrogen-bond acceptors (Lipinski definition) is 4. The molecule has 1 aromatic heterocycles. The Morgan fingerprint density at radius 3 is 2.76 bits per heavy atom. The monoisotopic (exact) mass is 297 g/mol. The first-order chi connectivity index (χ1) is 10.2. The van der Waals surface area contributed by atoms with E-state index < -0.39 is 0 Å². The van der Waals surface area contributed by atoms with Gasteiger partial charge in [0.2, 0.25) is 5.91 Å².